The van der Waals surface area contributed by atoms with Crippen LogP contribution >= 0.6 is 34.5 Å². The van der Waals surface area contributed by atoms with E-state index in [9.17, 15) is 14.7 Å². The van der Waals surface area contributed by atoms with Gasteiger partial charge in [-0.3, -0.25) is 10.1 Å². The third kappa shape index (κ3) is 4.69. The Balaban J connectivity index is 1.42. The molecule has 1 aliphatic carbocycles. The largest absolute Gasteiger partial charge is 0.481 e. The zero-order valence-electron chi connectivity index (χ0n) is 18.7. The quantitative estimate of drug-likeness (QED) is 0.259. The summed E-state index contributed by atoms with van der Waals surface area (Å²) in [7, 11) is 0. The smallest absolute Gasteiger partial charge is 0.412 e. The Hall–Kier alpha value is -3.20. The molecule has 2 N–H and O–H groups in total. The molecular weight excluding hydrogens is 504 g/mol. The molecule has 35 heavy (non-hydrogen) atoms. The molecule has 0 radical (unpaired) electrons. The molecule has 4 aromatic rings. The fourth-order valence-corrected chi connectivity index (χ4v) is 5.93. The summed E-state index contributed by atoms with van der Waals surface area (Å²) in [4.78, 5) is 25.1. The van der Waals surface area contributed by atoms with E-state index < -0.39 is 23.6 Å². The summed E-state index contributed by atoms with van der Waals surface area (Å²) in [5.41, 5.74) is 4.28. The van der Waals surface area contributed by atoms with E-state index in [0.29, 0.717) is 22.9 Å². The number of halogens is 1. The minimum atomic E-state index is -0.772. The third-order valence-electron chi connectivity index (χ3n) is 6.22. The molecule has 1 amide bonds. The fraction of sp³-hybridized carbons (Fsp3) is 0.192. The normalized spacial score (nSPS) is 14.8. The molecule has 9 heteroatoms. The molecule has 1 aliphatic rings. The second-order valence-corrected chi connectivity index (χ2v) is 10.8. The molecule has 1 unspecified atom stereocenters. The molecular formula is C26H21ClN2O4S2. The second kappa shape index (κ2) is 9.45. The van der Waals surface area contributed by atoms with Crippen molar-refractivity contribution >= 4 is 52.2 Å². The predicted molar refractivity (Wildman–Crippen MR) is 139 cm³/mol. The van der Waals surface area contributed by atoms with Crippen molar-refractivity contribution in [2.45, 2.75) is 31.3 Å². The first kappa shape index (κ1) is 23.5. The summed E-state index contributed by atoms with van der Waals surface area (Å²) in [6.45, 7) is 1.79. The lowest BCUT2D eigenvalue weighted by Gasteiger charge is -2.15. The van der Waals surface area contributed by atoms with Gasteiger partial charge in [-0.25, -0.2) is 9.17 Å². The number of carbonyl (C=O) groups excluding carboxylic acids is 1. The van der Waals surface area contributed by atoms with Crippen molar-refractivity contribution in [3.63, 3.8) is 0 Å². The predicted octanol–water partition coefficient (Wildman–Crippen LogP) is 7.62. The lowest BCUT2D eigenvalue weighted by molar-refractivity contribution is -0.140. The van der Waals surface area contributed by atoms with E-state index >= 15 is 0 Å². The summed E-state index contributed by atoms with van der Waals surface area (Å²) in [6, 6.07) is 17.2. The lowest BCUT2D eigenvalue weighted by atomic mass is 9.92. The van der Waals surface area contributed by atoms with E-state index in [-0.39, 0.29) is 0 Å². The number of benzene rings is 2. The molecule has 2 aromatic carbocycles. The average molecular weight is 525 g/mol. The van der Waals surface area contributed by atoms with Gasteiger partial charge in [-0.05, 0) is 54.1 Å². The van der Waals surface area contributed by atoms with Gasteiger partial charge >= 0.3 is 12.1 Å². The molecule has 1 saturated carbocycles. The number of nitrogens with one attached hydrogen (secondary N) is 1. The van der Waals surface area contributed by atoms with Crippen LogP contribution in [0.2, 0.25) is 4.34 Å². The highest BCUT2D eigenvalue weighted by molar-refractivity contribution is 7.20. The van der Waals surface area contributed by atoms with Crippen LogP contribution in [0.25, 0.3) is 21.6 Å². The van der Waals surface area contributed by atoms with Crippen LogP contribution in [-0.4, -0.2) is 21.5 Å². The number of carbonyl (C=O) groups is 2. The van der Waals surface area contributed by atoms with E-state index in [1.54, 1.807) is 19.2 Å². The lowest BCUT2D eigenvalue weighted by Crippen LogP contribution is -2.19. The van der Waals surface area contributed by atoms with E-state index in [2.05, 4.69) is 9.69 Å². The monoisotopic (exact) mass is 524 g/mol. The van der Waals surface area contributed by atoms with Crippen LogP contribution in [0.4, 0.5) is 10.5 Å². The van der Waals surface area contributed by atoms with Crippen LogP contribution in [-0.2, 0) is 14.9 Å². The summed E-state index contributed by atoms with van der Waals surface area (Å²) >= 11 is 9.02. The van der Waals surface area contributed by atoms with Crippen molar-refractivity contribution in [1.82, 2.24) is 4.37 Å². The number of carboxylic acids is 1. The molecule has 0 spiro atoms. The minimum absolute atomic E-state index is 0.433. The highest BCUT2D eigenvalue weighted by Gasteiger charge is 2.51. The summed E-state index contributed by atoms with van der Waals surface area (Å²) < 4.78 is 10.1. The first-order chi connectivity index (χ1) is 16.9. The molecule has 1 atom stereocenters. The summed E-state index contributed by atoms with van der Waals surface area (Å²) in [5, 5.41) is 14.3. The van der Waals surface area contributed by atoms with Gasteiger partial charge in [0, 0.05) is 22.7 Å². The summed E-state index contributed by atoms with van der Waals surface area (Å²) in [5.74, 6) is -0.772. The number of thiophene rings is 1. The van der Waals surface area contributed by atoms with Gasteiger partial charge in [0.15, 0.2) is 0 Å². The van der Waals surface area contributed by atoms with Crippen molar-refractivity contribution in [3.8, 4) is 21.6 Å². The van der Waals surface area contributed by atoms with Crippen LogP contribution in [0.5, 0.6) is 0 Å². The SMILES string of the molecule is CC(OC(=O)Nc1cc(Cl)sc1-c1ccccc1-c1ccc(C2(C(=O)O)CC2)cc1)c1cnsc1. The van der Waals surface area contributed by atoms with Gasteiger partial charge in [-0.1, -0.05) is 60.1 Å². The van der Waals surface area contributed by atoms with Crippen LogP contribution in [0.15, 0.2) is 66.2 Å². The number of hydrogen-bond acceptors (Lipinski definition) is 6. The molecule has 178 valence electrons. The summed E-state index contributed by atoms with van der Waals surface area (Å²) in [6.07, 6.45) is 2.00. The molecule has 0 bridgehead atoms. The van der Waals surface area contributed by atoms with Crippen LogP contribution in [0.3, 0.4) is 0 Å². The van der Waals surface area contributed by atoms with Crippen molar-refractivity contribution in [3.05, 3.63) is 81.6 Å². The maximum atomic E-state index is 12.6. The Labute approximate surface area is 215 Å². The van der Waals surface area contributed by atoms with Crippen LogP contribution < -0.4 is 5.32 Å². The van der Waals surface area contributed by atoms with E-state index in [1.165, 1.54) is 22.9 Å². The van der Waals surface area contributed by atoms with Gasteiger partial charge in [-0.2, -0.15) is 0 Å². The van der Waals surface area contributed by atoms with Crippen molar-refractivity contribution in [2.75, 3.05) is 5.32 Å². The Morgan fingerprint density at radius 1 is 1.14 bits per heavy atom. The molecule has 0 aliphatic heterocycles. The topological polar surface area (TPSA) is 88.5 Å². The standard InChI is InChI=1S/C26H21ClN2O4S2/c1-15(17-13-28-34-14-17)33-25(32)29-21-12-22(27)35-23(21)20-5-3-2-4-19(20)16-6-8-18(9-7-16)26(10-11-26)24(30)31/h2-9,12-15H,10-11H2,1H3,(H,29,32)(H,30,31). The highest BCUT2D eigenvalue weighted by atomic mass is 35.5. The number of nitrogens with zero attached hydrogens (tertiary/aromatic N) is 1. The van der Waals surface area contributed by atoms with Gasteiger partial charge in [0.25, 0.3) is 0 Å². The number of carboxylic acid groups (broad SMARTS) is 1. The van der Waals surface area contributed by atoms with Gasteiger partial charge < -0.3 is 9.84 Å². The van der Waals surface area contributed by atoms with Gasteiger partial charge in [0.1, 0.15) is 6.10 Å². The van der Waals surface area contributed by atoms with Gasteiger partial charge in [0.2, 0.25) is 0 Å². The molecule has 1 fully saturated rings. The molecule has 5 rings (SSSR count). The van der Waals surface area contributed by atoms with Crippen LogP contribution in [0, 0.1) is 0 Å². The number of ether oxygens (including phenoxy) is 1. The van der Waals surface area contributed by atoms with Crippen molar-refractivity contribution in [1.29, 1.82) is 0 Å². The van der Waals surface area contributed by atoms with Crippen molar-refractivity contribution in [2.24, 2.45) is 0 Å². The number of aromatic nitrogens is 1. The Morgan fingerprint density at radius 2 is 1.86 bits per heavy atom. The third-order valence-corrected chi connectivity index (χ3v) is 8.13. The number of aliphatic carboxylic acids is 1. The maximum absolute atomic E-state index is 12.6. The molecule has 2 aromatic heterocycles. The maximum Gasteiger partial charge on any atom is 0.412 e. The number of hydrogen-bond donors (Lipinski definition) is 2. The fourth-order valence-electron chi connectivity index (χ4n) is 4.09. The number of anilines is 1. The van der Waals surface area contributed by atoms with Gasteiger partial charge in [-0.15, -0.1) is 11.3 Å². The zero-order valence-corrected chi connectivity index (χ0v) is 21.0. The zero-order chi connectivity index (χ0) is 24.6. The molecule has 2 heterocycles. The number of amides is 1. The first-order valence-electron chi connectivity index (χ1n) is 11.0. The molecule has 6 nitrogen and oxygen atoms in total. The average Bonchev–Trinajstić information content (AvgIpc) is 3.32. The number of rotatable bonds is 7. The molecule has 0 saturated heterocycles. The Morgan fingerprint density at radius 3 is 2.49 bits per heavy atom. The van der Waals surface area contributed by atoms with E-state index in [1.807, 2.05) is 53.9 Å². The van der Waals surface area contributed by atoms with Crippen LogP contribution in [0.1, 0.15) is 37.0 Å². The van der Waals surface area contributed by atoms with E-state index in [0.717, 1.165) is 32.7 Å². The van der Waals surface area contributed by atoms with Crippen molar-refractivity contribution < 1.29 is 19.4 Å². The Bertz CT molecular complexity index is 1380. The first-order valence-corrected chi connectivity index (χ1v) is 13.0. The second-order valence-electron chi connectivity index (χ2n) is 8.43. The highest BCUT2D eigenvalue weighted by Crippen LogP contribution is 2.49. The minimum Gasteiger partial charge on any atom is -0.481 e. The van der Waals surface area contributed by atoms with E-state index in [4.69, 9.17) is 16.3 Å². The van der Waals surface area contributed by atoms with Gasteiger partial charge in [0.05, 0.1) is 20.3 Å². The Kier molecular flexibility index (Phi) is 6.35.